The van der Waals surface area contributed by atoms with E-state index in [9.17, 15) is 4.39 Å². The van der Waals surface area contributed by atoms with E-state index in [-0.39, 0.29) is 5.82 Å². The molecule has 0 N–H and O–H groups in total. The Morgan fingerprint density at radius 2 is 2.15 bits per heavy atom. The van der Waals surface area contributed by atoms with Crippen LogP contribution >= 0.6 is 22.9 Å². The lowest BCUT2D eigenvalue weighted by Gasteiger charge is -2.07. The topological polar surface area (TPSA) is 17.8 Å². The summed E-state index contributed by atoms with van der Waals surface area (Å²) in [5, 5.41) is 4.21. The van der Waals surface area contributed by atoms with E-state index < -0.39 is 0 Å². The van der Waals surface area contributed by atoms with Crippen molar-refractivity contribution in [2.24, 2.45) is 0 Å². The quantitative estimate of drug-likeness (QED) is 0.644. The molecule has 0 aliphatic carbocycles. The molecule has 3 rings (SSSR count). The fourth-order valence-corrected chi connectivity index (χ4v) is 3.23. The van der Waals surface area contributed by atoms with Crippen LogP contribution in [0.2, 0.25) is 0 Å². The van der Waals surface area contributed by atoms with Crippen LogP contribution in [0.1, 0.15) is 11.4 Å². The second-order valence-corrected chi connectivity index (χ2v) is 5.77. The number of nitrogens with zero attached hydrogens (tertiary/aromatic N) is 2. The van der Waals surface area contributed by atoms with Gasteiger partial charge in [-0.3, -0.25) is 0 Å². The lowest BCUT2D eigenvalue weighted by molar-refractivity contribution is 0.637. The Morgan fingerprint density at radius 3 is 2.90 bits per heavy atom. The summed E-state index contributed by atoms with van der Waals surface area (Å²) in [5.41, 5.74) is 2.59. The number of thiophene rings is 1. The second-order valence-electron chi connectivity index (χ2n) is 4.61. The molecule has 0 saturated heterocycles. The lowest BCUT2D eigenvalue weighted by Crippen LogP contribution is -2.06. The maximum atomic E-state index is 13.8. The summed E-state index contributed by atoms with van der Waals surface area (Å²) in [7, 11) is 0. The third kappa shape index (κ3) is 2.58. The van der Waals surface area contributed by atoms with Crippen molar-refractivity contribution in [1.82, 2.24) is 9.55 Å². The molecule has 104 valence electrons. The minimum atomic E-state index is -0.271. The lowest BCUT2D eigenvalue weighted by atomic mass is 10.2. The zero-order valence-electron chi connectivity index (χ0n) is 10.9. The van der Waals surface area contributed by atoms with Crippen LogP contribution in [0.15, 0.2) is 35.0 Å². The SMILES string of the molecule is Fc1cccc2c1nc(CCCl)n2CCc1ccsc1. The minimum absolute atomic E-state index is 0.271. The van der Waals surface area contributed by atoms with E-state index in [1.165, 1.54) is 11.6 Å². The van der Waals surface area contributed by atoms with Gasteiger partial charge in [-0.05, 0) is 40.9 Å². The molecule has 2 nitrogen and oxygen atoms in total. The first-order valence-corrected chi connectivity index (χ1v) is 7.98. The van der Waals surface area contributed by atoms with E-state index in [1.54, 1.807) is 17.4 Å². The summed E-state index contributed by atoms with van der Waals surface area (Å²) in [6, 6.07) is 7.20. The number of halogens is 2. The number of hydrogen-bond acceptors (Lipinski definition) is 2. The Labute approximate surface area is 125 Å². The summed E-state index contributed by atoms with van der Waals surface area (Å²) in [4.78, 5) is 4.41. The summed E-state index contributed by atoms with van der Waals surface area (Å²) >= 11 is 7.52. The number of rotatable bonds is 5. The highest BCUT2D eigenvalue weighted by atomic mass is 35.5. The van der Waals surface area contributed by atoms with Crippen molar-refractivity contribution < 1.29 is 4.39 Å². The third-order valence-corrected chi connectivity index (χ3v) is 4.25. The normalized spacial score (nSPS) is 11.3. The van der Waals surface area contributed by atoms with Gasteiger partial charge in [0.1, 0.15) is 11.3 Å². The molecule has 0 radical (unpaired) electrons. The molecule has 0 aliphatic rings. The summed E-state index contributed by atoms with van der Waals surface area (Å²) < 4.78 is 15.9. The molecule has 20 heavy (non-hydrogen) atoms. The highest BCUT2D eigenvalue weighted by Crippen LogP contribution is 2.21. The van der Waals surface area contributed by atoms with E-state index in [2.05, 4.69) is 26.4 Å². The largest absolute Gasteiger partial charge is 0.328 e. The van der Waals surface area contributed by atoms with Gasteiger partial charge in [0.2, 0.25) is 0 Å². The Morgan fingerprint density at radius 1 is 1.25 bits per heavy atom. The predicted octanol–water partition coefficient (Wildman–Crippen LogP) is 4.26. The molecule has 1 aromatic carbocycles. The predicted molar refractivity (Wildman–Crippen MR) is 82.1 cm³/mol. The smallest absolute Gasteiger partial charge is 0.151 e. The van der Waals surface area contributed by atoms with Crippen LogP contribution < -0.4 is 0 Å². The van der Waals surface area contributed by atoms with Crippen LogP contribution in [0.4, 0.5) is 4.39 Å². The van der Waals surface area contributed by atoms with Gasteiger partial charge in [-0.1, -0.05) is 6.07 Å². The molecule has 0 unspecified atom stereocenters. The van der Waals surface area contributed by atoms with Crippen molar-refractivity contribution in [3.05, 3.63) is 52.2 Å². The van der Waals surface area contributed by atoms with Gasteiger partial charge in [-0.15, -0.1) is 11.6 Å². The average Bonchev–Trinajstić information content (AvgIpc) is 3.05. The molecule has 3 aromatic rings. The van der Waals surface area contributed by atoms with E-state index in [4.69, 9.17) is 11.6 Å². The summed E-state index contributed by atoms with van der Waals surface area (Å²) in [6.45, 7) is 0.795. The first-order chi connectivity index (χ1) is 9.79. The number of fused-ring (bicyclic) bond motifs is 1. The molecule has 0 bridgehead atoms. The minimum Gasteiger partial charge on any atom is -0.328 e. The van der Waals surface area contributed by atoms with Gasteiger partial charge in [-0.2, -0.15) is 11.3 Å². The number of aryl methyl sites for hydroxylation is 3. The number of imidazole rings is 1. The highest BCUT2D eigenvalue weighted by molar-refractivity contribution is 7.07. The van der Waals surface area contributed by atoms with Crippen LogP contribution in [0.25, 0.3) is 11.0 Å². The zero-order chi connectivity index (χ0) is 13.9. The fourth-order valence-electron chi connectivity index (χ4n) is 2.36. The second kappa shape index (κ2) is 5.94. The van der Waals surface area contributed by atoms with Crippen molar-refractivity contribution in [2.45, 2.75) is 19.4 Å². The van der Waals surface area contributed by atoms with Gasteiger partial charge in [0, 0.05) is 18.8 Å². The molecule has 2 aromatic heterocycles. The van der Waals surface area contributed by atoms with E-state index in [1.807, 2.05) is 6.07 Å². The molecule has 0 aliphatic heterocycles. The zero-order valence-corrected chi connectivity index (χ0v) is 12.4. The van der Waals surface area contributed by atoms with Crippen LogP contribution in [-0.2, 0) is 19.4 Å². The van der Waals surface area contributed by atoms with E-state index >= 15 is 0 Å². The van der Waals surface area contributed by atoms with Crippen LogP contribution in [0.5, 0.6) is 0 Å². The summed E-state index contributed by atoms with van der Waals surface area (Å²) in [5.74, 6) is 1.08. The van der Waals surface area contributed by atoms with Gasteiger partial charge >= 0.3 is 0 Å². The van der Waals surface area contributed by atoms with Crippen LogP contribution in [0.3, 0.4) is 0 Å². The van der Waals surface area contributed by atoms with Crippen LogP contribution in [0, 0.1) is 5.82 Å². The van der Waals surface area contributed by atoms with Crippen molar-refractivity contribution in [2.75, 3.05) is 5.88 Å². The van der Waals surface area contributed by atoms with Crippen molar-refractivity contribution in [3.8, 4) is 0 Å². The number of aromatic nitrogens is 2. The Kier molecular flexibility index (Phi) is 4.03. The highest BCUT2D eigenvalue weighted by Gasteiger charge is 2.13. The number of benzene rings is 1. The van der Waals surface area contributed by atoms with Gasteiger partial charge in [0.15, 0.2) is 5.82 Å². The van der Waals surface area contributed by atoms with Crippen molar-refractivity contribution in [3.63, 3.8) is 0 Å². The molecule has 0 atom stereocenters. The summed E-state index contributed by atoms with van der Waals surface area (Å²) in [6.07, 6.45) is 1.57. The molecule has 0 amide bonds. The first-order valence-electron chi connectivity index (χ1n) is 6.50. The first kappa shape index (κ1) is 13.6. The van der Waals surface area contributed by atoms with Crippen molar-refractivity contribution >= 4 is 34.0 Å². The molecule has 0 saturated carbocycles. The Balaban J connectivity index is 1.98. The molecule has 0 spiro atoms. The van der Waals surface area contributed by atoms with Gasteiger partial charge in [0.05, 0.1) is 5.52 Å². The molecular weight excluding hydrogens is 295 g/mol. The maximum absolute atomic E-state index is 13.8. The number of para-hydroxylation sites is 1. The number of alkyl halides is 1. The molecule has 5 heteroatoms. The molecule has 0 fully saturated rings. The van der Waals surface area contributed by atoms with E-state index in [0.29, 0.717) is 17.8 Å². The average molecular weight is 309 g/mol. The molecular formula is C15H14ClFN2S. The maximum Gasteiger partial charge on any atom is 0.151 e. The standard InChI is InChI=1S/C15H14ClFN2S/c16-7-4-14-18-15-12(17)2-1-3-13(15)19(14)8-5-11-6-9-20-10-11/h1-3,6,9-10H,4-5,7-8H2. The Bertz CT molecular complexity index is 706. The van der Waals surface area contributed by atoms with Gasteiger partial charge in [0.25, 0.3) is 0 Å². The van der Waals surface area contributed by atoms with E-state index in [0.717, 1.165) is 24.3 Å². The number of hydrogen-bond donors (Lipinski definition) is 0. The van der Waals surface area contributed by atoms with Crippen molar-refractivity contribution in [1.29, 1.82) is 0 Å². The third-order valence-electron chi connectivity index (χ3n) is 3.33. The van der Waals surface area contributed by atoms with Crippen LogP contribution in [-0.4, -0.2) is 15.4 Å². The Hall–Kier alpha value is -1.39. The van der Waals surface area contributed by atoms with Gasteiger partial charge < -0.3 is 4.57 Å². The fraction of sp³-hybridized carbons (Fsp3) is 0.267. The van der Waals surface area contributed by atoms with Gasteiger partial charge in [-0.25, -0.2) is 9.37 Å². The monoisotopic (exact) mass is 308 g/mol. The molecule has 2 heterocycles.